The number of fused-ring (bicyclic) bond motifs is 16. The summed E-state index contributed by atoms with van der Waals surface area (Å²) in [5.41, 5.74) is 21.6. The first kappa shape index (κ1) is 67.0. The Morgan fingerprint density at radius 1 is 0.223 bits per heavy atom. The predicted molar refractivity (Wildman–Crippen MR) is 474 cm³/mol. The number of alkyl halides is 3. The minimum Gasteiger partial charge on any atom is -0.309 e. The van der Waals surface area contributed by atoms with Gasteiger partial charge in [-0.3, -0.25) is 0 Å². The summed E-state index contributed by atoms with van der Waals surface area (Å²) in [5, 5.41) is 19.4. The Labute approximate surface area is 653 Å². The molecule has 7 heteroatoms. The molecular weight excluding hydrogens is 1410 g/mol. The van der Waals surface area contributed by atoms with Gasteiger partial charge >= 0.3 is 6.18 Å². The molecule has 532 valence electrons. The Morgan fingerprint density at radius 2 is 0.491 bits per heavy atom. The summed E-state index contributed by atoms with van der Waals surface area (Å²) in [7, 11) is 0. The molecule has 0 fully saturated rings. The molecule has 22 rings (SSSR count). The summed E-state index contributed by atoms with van der Waals surface area (Å²) in [6.07, 6.45) is -4.39. The molecule has 112 heavy (non-hydrogen) atoms. The number of halogens is 3. The lowest BCUT2D eigenvalue weighted by atomic mass is 9.83. The third-order valence-electron chi connectivity index (χ3n) is 23.0. The zero-order valence-corrected chi connectivity index (χ0v) is 63.1. The molecular formula is C105H69F3N2S2. The Balaban J connectivity index is 0.000000141. The van der Waals surface area contributed by atoms with Gasteiger partial charge in [-0.2, -0.15) is 13.2 Å². The minimum absolute atomic E-state index is 0.107. The van der Waals surface area contributed by atoms with Crippen LogP contribution in [0.1, 0.15) is 31.9 Å². The predicted octanol–water partition coefficient (Wildman–Crippen LogP) is 31.2. The van der Waals surface area contributed by atoms with Crippen molar-refractivity contribution >= 4 is 150 Å². The number of thiophene rings is 2. The first-order valence-corrected chi connectivity index (χ1v) is 39.7. The maximum Gasteiger partial charge on any atom is 0.416 e. The van der Waals surface area contributed by atoms with Crippen molar-refractivity contribution < 1.29 is 13.2 Å². The standard InChI is InChI=1S/C54H39NS.C51H30F3NS/c1-54(2,3)37-28-23-34(24-29-37)51-42-15-4-6-17-44(42)52(45-18-7-5-16-43(45)51)35-25-30-38(31-26-35)55-48-21-10-8-13-40(48)47-33-36(27-32-49(47)55)39-19-12-20-46-41-14-9-11-22-50(41)56-53(39)46;52-51(53,54)34-25-20-31(21-26-34)48-39-12-1-3-14-41(39)49(42-15-4-2-13-40(42)48)32-22-27-35(28-23-32)55-45-18-7-5-10-37(45)44-30-33(24-29-46(44)55)36-16-9-17-43-38-11-6-8-19-47(38)56-50(36)43/h4-33H,1-3H3;1-30H. The average molecular weight is 1480 g/mol. The Morgan fingerprint density at radius 3 is 0.821 bits per heavy atom. The van der Waals surface area contributed by atoms with Crippen LogP contribution in [0, 0.1) is 0 Å². The highest BCUT2D eigenvalue weighted by atomic mass is 32.1. The van der Waals surface area contributed by atoms with Gasteiger partial charge in [-0.25, -0.2) is 0 Å². The molecule has 0 bridgehead atoms. The molecule has 22 aromatic rings. The second-order valence-electron chi connectivity index (χ2n) is 30.4. The zero-order chi connectivity index (χ0) is 75.1. The van der Waals surface area contributed by atoms with Gasteiger partial charge in [0, 0.05) is 73.3 Å². The highest BCUT2D eigenvalue weighted by Crippen LogP contribution is 2.50. The Bertz CT molecular complexity index is 6990. The van der Waals surface area contributed by atoms with Crippen molar-refractivity contribution in [2.24, 2.45) is 0 Å². The number of aromatic nitrogens is 2. The van der Waals surface area contributed by atoms with Crippen LogP contribution in [-0.4, -0.2) is 9.13 Å². The number of hydrogen-bond acceptors (Lipinski definition) is 2. The second kappa shape index (κ2) is 26.3. The first-order valence-electron chi connectivity index (χ1n) is 38.1. The van der Waals surface area contributed by atoms with E-state index in [1.807, 2.05) is 46.9 Å². The highest BCUT2D eigenvalue weighted by Gasteiger charge is 2.31. The SMILES string of the molecule is CC(C)(C)c1ccc(-c2c3ccccc3c(-c3ccc(-n4c5ccccc5c5cc(-c6cccc7c6sc6ccccc67)ccc54)cc3)c3ccccc23)cc1.FC(F)(F)c1ccc(-c2c3ccccc3c(-c3ccc(-n4c5ccccc5c5cc(-c6cccc7c6sc6ccccc67)ccc54)cc3)c3ccccc23)cc1. The van der Waals surface area contributed by atoms with Crippen molar-refractivity contribution in [2.75, 3.05) is 0 Å². The number of para-hydroxylation sites is 2. The van der Waals surface area contributed by atoms with Crippen molar-refractivity contribution in [1.29, 1.82) is 0 Å². The summed E-state index contributed by atoms with van der Waals surface area (Å²) in [4.78, 5) is 0. The van der Waals surface area contributed by atoms with Crippen molar-refractivity contribution in [1.82, 2.24) is 9.13 Å². The lowest BCUT2D eigenvalue weighted by molar-refractivity contribution is -0.137. The van der Waals surface area contributed by atoms with E-state index in [4.69, 9.17) is 0 Å². The van der Waals surface area contributed by atoms with Gasteiger partial charge in [0.25, 0.3) is 0 Å². The molecule has 4 aromatic heterocycles. The molecule has 0 N–H and O–H groups in total. The molecule has 4 heterocycles. The summed E-state index contributed by atoms with van der Waals surface area (Å²) in [6, 6.07) is 129. The number of nitrogens with zero attached hydrogens (tertiary/aromatic N) is 2. The molecule has 0 aliphatic rings. The summed E-state index contributed by atoms with van der Waals surface area (Å²) >= 11 is 3.74. The largest absolute Gasteiger partial charge is 0.416 e. The van der Waals surface area contributed by atoms with Crippen LogP contribution in [0.15, 0.2) is 364 Å². The maximum absolute atomic E-state index is 13.5. The van der Waals surface area contributed by atoms with Crippen molar-refractivity contribution in [3.05, 3.63) is 375 Å². The van der Waals surface area contributed by atoms with E-state index < -0.39 is 11.7 Å². The van der Waals surface area contributed by atoms with Crippen LogP contribution in [0.3, 0.4) is 0 Å². The lowest BCUT2D eigenvalue weighted by Gasteiger charge is -2.21. The molecule has 0 saturated heterocycles. The van der Waals surface area contributed by atoms with E-state index in [9.17, 15) is 13.2 Å². The van der Waals surface area contributed by atoms with Gasteiger partial charge in [0.1, 0.15) is 0 Å². The van der Waals surface area contributed by atoms with Crippen molar-refractivity contribution in [3.63, 3.8) is 0 Å². The number of benzene rings is 18. The quantitative estimate of drug-likeness (QED) is 0.134. The summed E-state index contributed by atoms with van der Waals surface area (Å²) in [5.74, 6) is 0. The molecule has 0 aliphatic carbocycles. The van der Waals surface area contributed by atoms with Gasteiger partial charge in [0.05, 0.1) is 27.6 Å². The molecule has 0 spiro atoms. The van der Waals surface area contributed by atoms with E-state index in [0.29, 0.717) is 0 Å². The third-order valence-corrected chi connectivity index (χ3v) is 25.4. The molecule has 0 unspecified atom stereocenters. The van der Waals surface area contributed by atoms with E-state index in [1.165, 1.54) is 157 Å². The topological polar surface area (TPSA) is 9.86 Å². The van der Waals surface area contributed by atoms with Gasteiger partial charge in [-0.1, -0.05) is 300 Å². The molecule has 2 nitrogen and oxygen atoms in total. The summed E-state index contributed by atoms with van der Waals surface area (Å²) in [6.45, 7) is 6.83. The van der Waals surface area contributed by atoms with Crippen molar-refractivity contribution in [3.8, 4) is 78.1 Å². The third kappa shape index (κ3) is 11.0. The maximum atomic E-state index is 13.5. The van der Waals surface area contributed by atoms with E-state index in [2.05, 4.69) is 345 Å². The van der Waals surface area contributed by atoms with Gasteiger partial charge in [0.2, 0.25) is 0 Å². The van der Waals surface area contributed by atoms with Crippen LogP contribution in [0.25, 0.3) is 205 Å². The fourth-order valence-corrected chi connectivity index (χ4v) is 20.3. The minimum atomic E-state index is -4.39. The molecule has 0 atom stereocenters. The Kier molecular flexibility index (Phi) is 15.7. The van der Waals surface area contributed by atoms with Crippen LogP contribution in [-0.2, 0) is 11.6 Å². The zero-order valence-electron chi connectivity index (χ0n) is 61.5. The van der Waals surface area contributed by atoms with Gasteiger partial charge in [0.15, 0.2) is 0 Å². The van der Waals surface area contributed by atoms with Gasteiger partial charge in [-0.15, -0.1) is 22.7 Å². The fraction of sp³-hybridized carbons (Fsp3) is 0.0476. The van der Waals surface area contributed by atoms with Crippen LogP contribution in [0.5, 0.6) is 0 Å². The number of hydrogen-bond donors (Lipinski definition) is 0. The molecule has 18 aromatic carbocycles. The van der Waals surface area contributed by atoms with E-state index in [-0.39, 0.29) is 5.41 Å². The van der Waals surface area contributed by atoms with Crippen LogP contribution < -0.4 is 0 Å². The summed E-state index contributed by atoms with van der Waals surface area (Å²) < 4.78 is 50.6. The molecule has 0 radical (unpaired) electrons. The monoisotopic (exact) mass is 1480 g/mol. The van der Waals surface area contributed by atoms with Gasteiger partial charge < -0.3 is 9.13 Å². The first-order chi connectivity index (χ1) is 54.8. The average Bonchev–Trinajstić information content (AvgIpc) is 1.47. The lowest BCUT2D eigenvalue weighted by Crippen LogP contribution is -2.10. The van der Waals surface area contributed by atoms with E-state index in [1.54, 1.807) is 12.1 Å². The van der Waals surface area contributed by atoms with Crippen LogP contribution in [0.2, 0.25) is 0 Å². The number of rotatable bonds is 8. The highest BCUT2D eigenvalue weighted by molar-refractivity contribution is 7.26. The second-order valence-corrected chi connectivity index (χ2v) is 32.5. The van der Waals surface area contributed by atoms with Crippen LogP contribution >= 0.6 is 22.7 Å². The fourth-order valence-electron chi connectivity index (χ4n) is 17.8. The molecule has 0 amide bonds. The molecule has 0 saturated carbocycles. The smallest absolute Gasteiger partial charge is 0.309 e. The van der Waals surface area contributed by atoms with E-state index >= 15 is 0 Å². The van der Waals surface area contributed by atoms with Crippen LogP contribution in [0.4, 0.5) is 13.2 Å². The normalized spacial score (nSPS) is 12.2. The van der Waals surface area contributed by atoms with E-state index in [0.717, 1.165) is 66.2 Å². The molecule has 0 aliphatic heterocycles. The Hall–Kier alpha value is -13.2. The van der Waals surface area contributed by atoms with Gasteiger partial charge in [-0.05, 0) is 206 Å². The van der Waals surface area contributed by atoms with Crippen molar-refractivity contribution in [2.45, 2.75) is 32.4 Å².